The minimum Gasteiger partial charge on any atom is -0.382 e. The molecule has 0 bridgehead atoms. The van der Waals surface area contributed by atoms with Gasteiger partial charge in [0.25, 0.3) is 5.56 Å². The van der Waals surface area contributed by atoms with E-state index in [4.69, 9.17) is 10.5 Å². The number of rotatable bonds is 9. The summed E-state index contributed by atoms with van der Waals surface area (Å²) in [5, 5.41) is 7.08. The minimum absolute atomic E-state index is 0.129. The molecule has 0 aromatic carbocycles. The fourth-order valence-electron chi connectivity index (χ4n) is 1.41. The van der Waals surface area contributed by atoms with Gasteiger partial charge in [0.1, 0.15) is 0 Å². The van der Waals surface area contributed by atoms with Gasteiger partial charge in [0.2, 0.25) is 0 Å². The van der Waals surface area contributed by atoms with Crippen LogP contribution in [0.1, 0.15) is 19.8 Å². The van der Waals surface area contributed by atoms with Gasteiger partial charge in [-0.05, 0) is 6.42 Å². The fourth-order valence-corrected chi connectivity index (χ4v) is 1.41. The van der Waals surface area contributed by atoms with Crippen LogP contribution in [0.15, 0.2) is 17.1 Å². The molecule has 1 aromatic rings. The lowest BCUT2D eigenvalue weighted by atomic mass is 10.4. The van der Waals surface area contributed by atoms with Crippen LogP contribution < -0.4 is 16.6 Å². The van der Waals surface area contributed by atoms with Crippen LogP contribution in [0.3, 0.4) is 0 Å². The molecule has 0 spiro atoms. The zero-order valence-electron chi connectivity index (χ0n) is 10.9. The standard InChI is InChI=1S/C12H22N4O2/c1-2-3-7-18-8-6-16-12(17)9-11(10-15-16)14-5-4-13/h9-10,14H,2-8,13H2,1H3. The Morgan fingerprint density at radius 3 is 3.00 bits per heavy atom. The largest absolute Gasteiger partial charge is 0.382 e. The van der Waals surface area contributed by atoms with Crippen molar-refractivity contribution in [1.82, 2.24) is 9.78 Å². The first kappa shape index (κ1) is 14.7. The van der Waals surface area contributed by atoms with Crippen molar-refractivity contribution < 1.29 is 4.74 Å². The Labute approximate surface area is 107 Å². The Kier molecular flexibility index (Phi) is 7.05. The van der Waals surface area contributed by atoms with Crippen molar-refractivity contribution in [2.45, 2.75) is 26.3 Å². The molecule has 1 aromatic heterocycles. The SMILES string of the molecule is CCCCOCCn1ncc(NCCN)cc1=O. The van der Waals surface area contributed by atoms with E-state index >= 15 is 0 Å². The van der Waals surface area contributed by atoms with Crippen molar-refractivity contribution >= 4 is 5.69 Å². The Balaban J connectivity index is 2.40. The number of nitrogens with zero attached hydrogens (tertiary/aromatic N) is 2. The normalized spacial score (nSPS) is 10.6. The Morgan fingerprint density at radius 1 is 1.50 bits per heavy atom. The van der Waals surface area contributed by atoms with Gasteiger partial charge < -0.3 is 15.8 Å². The van der Waals surface area contributed by atoms with Gasteiger partial charge in [0, 0.05) is 25.8 Å². The zero-order valence-corrected chi connectivity index (χ0v) is 10.9. The van der Waals surface area contributed by atoms with E-state index in [0.717, 1.165) is 19.4 Å². The molecule has 6 heteroatoms. The summed E-state index contributed by atoms with van der Waals surface area (Å²) in [6.45, 7) is 5.01. The van der Waals surface area contributed by atoms with Crippen molar-refractivity contribution in [2.75, 3.05) is 31.6 Å². The van der Waals surface area contributed by atoms with E-state index in [1.54, 1.807) is 6.20 Å². The molecule has 0 radical (unpaired) electrons. The van der Waals surface area contributed by atoms with Crippen molar-refractivity contribution in [1.29, 1.82) is 0 Å². The summed E-state index contributed by atoms with van der Waals surface area (Å²) in [4.78, 5) is 11.7. The Hall–Kier alpha value is -1.40. The summed E-state index contributed by atoms with van der Waals surface area (Å²) in [7, 11) is 0. The highest BCUT2D eigenvalue weighted by Crippen LogP contribution is 1.98. The molecule has 0 aliphatic carbocycles. The van der Waals surface area contributed by atoms with Gasteiger partial charge >= 0.3 is 0 Å². The van der Waals surface area contributed by atoms with Crippen molar-refractivity contribution in [3.05, 3.63) is 22.6 Å². The smallest absolute Gasteiger partial charge is 0.268 e. The molecule has 0 saturated carbocycles. The molecule has 18 heavy (non-hydrogen) atoms. The summed E-state index contributed by atoms with van der Waals surface area (Å²) in [5.41, 5.74) is 5.94. The molecular weight excluding hydrogens is 232 g/mol. The molecule has 1 heterocycles. The van der Waals surface area contributed by atoms with E-state index < -0.39 is 0 Å². The van der Waals surface area contributed by atoms with E-state index in [-0.39, 0.29) is 5.56 Å². The van der Waals surface area contributed by atoms with Crippen LogP contribution in [0.4, 0.5) is 5.69 Å². The number of unbranched alkanes of at least 4 members (excludes halogenated alkanes) is 1. The van der Waals surface area contributed by atoms with Crippen LogP contribution in [0.25, 0.3) is 0 Å². The van der Waals surface area contributed by atoms with Crippen molar-refractivity contribution in [3.8, 4) is 0 Å². The molecule has 0 atom stereocenters. The Morgan fingerprint density at radius 2 is 2.33 bits per heavy atom. The molecule has 6 nitrogen and oxygen atoms in total. The first-order valence-electron chi connectivity index (χ1n) is 6.36. The van der Waals surface area contributed by atoms with Crippen LogP contribution in [0.2, 0.25) is 0 Å². The predicted molar refractivity (Wildman–Crippen MR) is 71.8 cm³/mol. The van der Waals surface area contributed by atoms with E-state index in [1.807, 2.05) is 0 Å². The average molecular weight is 254 g/mol. The maximum absolute atomic E-state index is 11.7. The molecule has 0 fully saturated rings. The third kappa shape index (κ3) is 5.29. The summed E-state index contributed by atoms with van der Waals surface area (Å²) in [6.07, 6.45) is 3.78. The van der Waals surface area contributed by atoms with Gasteiger partial charge in [-0.15, -0.1) is 0 Å². The first-order valence-corrected chi connectivity index (χ1v) is 6.36. The second-order valence-corrected chi connectivity index (χ2v) is 3.99. The molecular formula is C12H22N4O2. The highest BCUT2D eigenvalue weighted by atomic mass is 16.5. The number of aromatic nitrogens is 2. The van der Waals surface area contributed by atoms with Gasteiger partial charge in [0.15, 0.2) is 0 Å². The predicted octanol–water partition coefficient (Wildman–Crippen LogP) is 0.431. The number of hydrogen-bond acceptors (Lipinski definition) is 5. The highest BCUT2D eigenvalue weighted by Gasteiger charge is 1.99. The number of nitrogens with one attached hydrogen (secondary N) is 1. The molecule has 0 amide bonds. The van der Waals surface area contributed by atoms with Gasteiger partial charge in [-0.2, -0.15) is 5.10 Å². The number of nitrogens with two attached hydrogens (primary N) is 1. The van der Waals surface area contributed by atoms with Crippen LogP contribution in [0.5, 0.6) is 0 Å². The van der Waals surface area contributed by atoms with E-state index in [1.165, 1.54) is 10.7 Å². The van der Waals surface area contributed by atoms with Crippen LogP contribution in [-0.2, 0) is 11.3 Å². The molecule has 102 valence electrons. The maximum Gasteiger partial charge on any atom is 0.268 e. The summed E-state index contributed by atoms with van der Waals surface area (Å²) < 4.78 is 6.80. The maximum atomic E-state index is 11.7. The van der Waals surface area contributed by atoms with Crippen LogP contribution in [0, 0.1) is 0 Å². The molecule has 0 aliphatic heterocycles. The second-order valence-electron chi connectivity index (χ2n) is 3.99. The van der Waals surface area contributed by atoms with Crippen molar-refractivity contribution in [2.24, 2.45) is 5.73 Å². The zero-order chi connectivity index (χ0) is 13.2. The van der Waals surface area contributed by atoms with Crippen molar-refractivity contribution in [3.63, 3.8) is 0 Å². The highest BCUT2D eigenvalue weighted by molar-refractivity contribution is 5.38. The lowest BCUT2D eigenvalue weighted by molar-refractivity contribution is 0.120. The number of hydrogen-bond donors (Lipinski definition) is 2. The van der Waals surface area contributed by atoms with Gasteiger partial charge in [0.05, 0.1) is 25.0 Å². The molecule has 0 aliphatic rings. The molecule has 1 rings (SSSR count). The Bertz CT molecular complexity index is 392. The van der Waals surface area contributed by atoms with E-state index in [0.29, 0.717) is 31.9 Å². The summed E-state index contributed by atoms with van der Waals surface area (Å²) in [5.74, 6) is 0. The number of anilines is 1. The van der Waals surface area contributed by atoms with E-state index in [9.17, 15) is 4.79 Å². The third-order valence-electron chi connectivity index (χ3n) is 2.43. The average Bonchev–Trinajstić information content (AvgIpc) is 2.38. The topological polar surface area (TPSA) is 82.2 Å². The quantitative estimate of drug-likeness (QED) is 0.624. The lowest BCUT2D eigenvalue weighted by Gasteiger charge is -2.07. The van der Waals surface area contributed by atoms with Crippen LogP contribution >= 0.6 is 0 Å². The van der Waals surface area contributed by atoms with Gasteiger partial charge in [-0.25, -0.2) is 4.68 Å². The van der Waals surface area contributed by atoms with Crippen LogP contribution in [-0.4, -0.2) is 36.1 Å². The fraction of sp³-hybridized carbons (Fsp3) is 0.667. The third-order valence-corrected chi connectivity index (χ3v) is 2.43. The first-order chi connectivity index (χ1) is 8.77. The summed E-state index contributed by atoms with van der Waals surface area (Å²) in [6, 6.07) is 1.52. The number of ether oxygens (including phenoxy) is 1. The second kappa shape index (κ2) is 8.66. The van der Waals surface area contributed by atoms with Gasteiger partial charge in [-0.1, -0.05) is 13.3 Å². The summed E-state index contributed by atoms with van der Waals surface area (Å²) >= 11 is 0. The van der Waals surface area contributed by atoms with Gasteiger partial charge in [-0.3, -0.25) is 4.79 Å². The lowest BCUT2D eigenvalue weighted by Crippen LogP contribution is -2.25. The monoisotopic (exact) mass is 254 g/mol. The molecule has 0 saturated heterocycles. The molecule has 0 unspecified atom stereocenters. The van der Waals surface area contributed by atoms with E-state index in [2.05, 4.69) is 17.3 Å². The minimum atomic E-state index is -0.129. The molecule has 3 N–H and O–H groups in total.